The molecule has 0 spiro atoms. The lowest BCUT2D eigenvalue weighted by atomic mass is 9.70. The Hall–Kier alpha value is -4.24. The van der Waals surface area contributed by atoms with Crippen molar-refractivity contribution in [2.75, 3.05) is 52.9 Å². The lowest BCUT2D eigenvalue weighted by molar-refractivity contribution is -0.257. The molecule has 0 heterocycles. The summed E-state index contributed by atoms with van der Waals surface area (Å²) >= 11 is 0. The molecule has 19 heteroatoms. The van der Waals surface area contributed by atoms with Crippen LogP contribution in [0.25, 0.3) is 0 Å². The molecule has 57 heavy (non-hydrogen) atoms. The second kappa shape index (κ2) is 27.4. The Labute approximate surface area is 330 Å². The van der Waals surface area contributed by atoms with Crippen molar-refractivity contribution < 1.29 is 93.9 Å². The number of rotatable bonds is 20. The number of hydrogen-bond donors (Lipinski definition) is 8. The predicted octanol–water partition coefficient (Wildman–Crippen LogP) is 2.47. The number of carboxylic acid groups (broad SMARTS) is 4. The van der Waals surface area contributed by atoms with Gasteiger partial charge in [-0.05, 0) is 24.2 Å². The Morgan fingerprint density at radius 2 is 1.02 bits per heavy atom. The summed E-state index contributed by atoms with van der Waals surface area (Å²) in [7, 11) is 0. The van der Waals surface area contributed by atoms with Crippen molar-refractivity contribution in [3.05, 3.63) is 36.5 Å². The molecule has 0 saturated carbocycles. The minimum atomic E-state index is -1.04. The summed E-state index contributed by atoms with van der Waals surface area (Å²) in [6, 6.07) is 0. The van der Waals surface area contributed by atoms with E-state index >= 15 is 0 Å². The maximum atomic E-state index is 11.8. The van der Waals surface area contributed by atoms with Gasteiger partial charge in [0.1, 0.15) is 13.2 Å². The van der Waals surface area contributed by atoms with Crippen molar-refractivity contribution in [2.24, 2.45) is 65.1 Å². The number of aliphatic hydroxyl groups is 2. The van der Waals surface area contributed by atoms with Gasteiger partial charge in [0.25, 0.3) is 0 Å². The van der Waals surface area contributed by atoms with Crippen LogP contribution in [0.4, 0.5) is 0 Å². The fourth-order valence-corrected chi connectivity index (χ4v) is 7.12. The number of carbonyl (C=O) groups is 6. The first-order valence-corrected chi connectivity index (χ1v) is 18.6. The first-order chi connectivity index (χ1) is 27.0. The van der Waals surface area contributed by atoms with Gasteiger partial charge in [-0.2, -0.15) is 0 Å². The van der Waals surface area contributed by atoms with Crippen LogP contribution in [0, 0.1) is 65.1 Å². The maximum Gasteiger partial charge on any atom is 0.307 e. The minimum Gasteiger partial charge on any atom is -0.481 e. The average molecular weight is 819 g/mol. The van der Waals surface area contributed by atoms with Gasteiger partial charge in [0.2, 0.25) is 0 Å². The molecule has 0 saturated heterocycles. The number of hydrogen-bond acceptors (Lipinski definition) is 15. The number of aliphatic hydroxyl groups excluding tert-OH is 2. The molecule has 0 fully saturated rings. The zero-order valence-electron chi connectivity index (χ0n) is 32.4. The molecule has 3 aliphatic carbocycles. The summed E-state index contributed by atoms with van der Waals surface area (Å²) < 4.78 is 14.7. The molecule has 0 aromatic carbocycles. The highest BCUT2D eigenvalue weighted by Crippen LogP contribution is 2.38. The van der Waals surface area contributed by atoms with Gasteiger partial charge in [0, 0.05) is 29.6 Å². The highest BCUT2D eigenvalue weighted by atomic mass is 17.1. The zero-order chi connectivity index (χ0) is 43.1. The third-order valence-corrected chi connectivity index (χ3v) is 10.1. The van der Waals surface area contributed by atoms with E-state index in [1.165, 1.54) is 0 Å². The number of carbonyl (C=O) groups excluding carboxylic acids is 2. The molecule has 0 bridgehead atoms. The van der Waals surface area contributed by atoms with Crippen molar-refractivity contribution in [1.29, 1.82) is 0 Å². The lowest BCUT2D eigenvalue weighted by Crippen LogP contribution is -2.39. The van der Waals surface area contributed by atoms with Crippen LogP contribution in [0.2, 0.25) is 0 Å². The molecule has 11 unspecified atom stereocenters. The summed E-state index contributed by atoms with van der Waals surface area (Å²) in [5, 5.41) is 70.7. The first kappa shape index (κ1) is 50.8. The minimum absolute atomic E-state index is 0.0482. The van der Waals surface area contributed by atoms with Crippen molar-refractivity contribution in [3.63, 3.8) is 0 Å². The molecule has 0 aromatic rings. The van der Waals surface area contributed by atoms with Gasteiger partial charge >= 0.3 is 35.8 Å². The van der Waals surface area contributed by atoms with Crippen LogP contribution in [0.15, 0.2) is 36.5 Å². The van der Waals surface area contributed by atoms with Gasteiger partial charge in [-0.1, -0.05) is 57.2 Å². The highest BCUT2D eigenvalue weighted by molar-refractivity contribution is 5.76. The number of ether oxygens (including phenoxy) is 3. The topological polar surface area (TPSA) is 310 Å². The van der Waals surface area contributed by atoms with Crippen LogP contribution < -0.4 is 0 Å². The van der Waals surface area contributed by atoms with Gasteiger partial charge in [0.05, 0.1) is 76.7 Å². The molecule has 19 nitrogen and oxygen atoms in total. The maximum absolute atomic E-state index is 11.8. The molecular formula is C38H58O19. The van der Waals surface area contributed by atoms with E-state index in [1.54, 1.807) is 18.2 Å². The van der Waals surface area contributed by atoms with E-state index in [0.29, 0.717) is 6.42 Å². The van der Waals surface area contributed by atoms with E-state index in [9.17, 15) is 39.0 Å². The van der Waals surface area contributed by atoms with E-state index in [4.69, 9.17) is 45.2 Å². The van der Waals surface area contributed by atoms with Crippen LogP contribution in [0.3, 0.4) is 0 Å². The van der Waals surface area contributed by atoms with Crippen LogP contribution in [0.5, 0.6) is 0 Å². The number of esters is 2. The van der Waals surface area contributed by atoms with Crippen molar-refractivity contribution in [1.82, 2.24) is 0 Å². The fourth-order valence-electron chi connectivity index (χ4n) is 7.12. The van der Waals surface area contributed by atoms with Gasteiger partial charge < -0.3 is 44.8 Å². The molecule has 11 atom stereocenters. The van der Waals surface area contributed by atoms with Crippen molar-refractivity contribution in [3.8, 4) is 0 Å². The van der Waals surface area contributed by atoms with Gasteiger partial charge in [-0.3, -0.25) is 39.3 Å². The largest absolute Gasteiger partial charge is 0.481 e. The van der Waals surface area contributed by atoms with Crippen LogP contribution in [-0.4, -0.2) is 130 Å². The van der Waals surface area contributed by atoms with E-state index in [-0.39, 0.29) is 95.8 Å². The van der Waals surface area contributed by atoms with Crippen LogP contribution >= 0.6 is 0 Å². The molecule has 0 aliphatic heterocycles. The Morgan fingerprint density at radius 1 is 0.561 bits per heavy atom. The predicted molar refractivity (Wildman–Crippen MR) is 196 cm³/mol. The summed E-state index contributed by atoms with van der Waals surface area (Å²) in [5.41, 5.74) is 0. The normalized spacial score (nSPS) is 28.8. The summed E-state index contributed by atoms with van der Waals surface area (Å²) in [5.74, 6) is -9.37. The molecule has 0 radical (unpaired) electrons. The van der Waals surface area contributed by atoms with Gasteiger partial charge in [-0.15, -0.1) is 0 Å². The summed E-state index contributed by atoms with van der Waals surface area (Å²) in [6.45, 7) is 5.30. The fraction of sp³-hybridized carbons (Fsp3) is 0.684. The van der Waals surface area contributed by atoms with Gasteiger partial charge in [-0.25, -0.2) is 9.78 Å². The monoisotopic (exact) mass is 818 g/mol. The number of allylic oxidation sites excluding steroid dienone is 6. The van der Waals surface area contributed by atoms with E-state index in [0.717, 1.165) is 0 Å². The average Bonchev–Trinajstić information content (AvgIpc) is 3.14. The lowest BCUT2D eigenvalue weighted by Gasteiger charge is -2.34. The Kier molecular flexibility index (Phi) is 24.4. The van der Waals surface area contributed by atoms with E-state index in [1.807, 2.05) is 39.0 Å². The smallest absolute Gasteiger partial charge is 0.307 e. The standard InChI is InChI=1S/C15H24O8.C13H20O7.C10H14O4/c1-10-2-3-11(14(15(18)19)12(10)9-23-20)8-13(17)22-7-6-21-5-4-16;1-8-2-3-9(6-11(15)19-5-4-14)12(13(16)17)10(8)7-20-18;1-6-2-3-7(5-9(11)12)8(4-6)10(13)14/h2-3,10-12,14,16,20H,4-9H2,1H3,(H,18,19);2-3,8-10,12,14,18H,4-7H2,1H3,(H,16,17);2-3,6-8H,4-5H2,1H3,(H,11,12)(H,13,14). The molecule has 324 valence electrons. The molecule has 8 N–H and O–H groups in total. The summed E-state index contributed by atoms with van der Waals surface area (Å²) in [6.07, 6.45) is 10.9. The first-order valence-electron chi connectivity index (χ1n) is 18.6. The molecule has 0 aromatic heterocycles. The van der Waals surface area contributed by atoms with Crippen molar-refractivity contribution in [2.45, 2.75) is 46.5 Å². The summed E-state index contributed by atoms with van der Waals surface area (Å²) in [4.78, 5) is 75.9. The van der Waals surface area contributed by atoms with Crippen LogP contribution in [-0.2, 0) is 52.8 Å². The number of aliphatic carboxylic acids is 4. The molecule has 3 aliphatic rings. The third kappa shape index (κ3) is 18.3. The van der Waals surface area contributed by atoms with Crippen molar-refractivity contribution >= 4 is 35.8 Å². The SMILES string of the molecule is CC1C=CC(CC(=O)O)C(C(=O)O)C1.CC1C=CC(CC(=O)OCCO)C(C(=O)O)C1COO.CC1C=CC(CC(=O)OCCOCCO)C(C(=O)O)C1COO. The number of carboxylic acids is 4. The third-order valence-electron chi connectivity index (χ3n) is 10.1. The van der Waals surface area contributed by atoms with E-state index < -0.39 is 77.2 Å². The second-order valence-electron chi connectivity index (χ2n) is 14.2. The Balaban J connectivity index is 0.000000440. The van der Waals surface area contributed by atoms with Crippen LogP contribution in [0.1, 0.15) is 46.5 Å². The second-order valence-corrected chi connectivity index (χ2v) is 14.2. The zero-order valence-corrected chi connectivity index (χ0v) is 32.4. The molecular weight excluding hydrogens is 760 g/mol. The van der Waals surface area contributed by atoms with E-state index in [2.05, 4.69) is 9.78 Å². The highest BCUT2D eigenvalue weighted by Gasteiger charge is 2.42. The quantitative estimate of drug-likeness (QED) is 0.0288. The Morgan fingerprint density at radius 3 is 1.42 bits per heavy atom. The molecule has 3 rings (SSSR count). The Bertz CT molecular complexity index is 1360. The van der Waals surface area contributed by atoms with Gasteiger partial charge in [0.15, 0.2) is 0 Å². The molecule has 0 amide bonds.